The first-order chi connectivity index (χ1) is 21.1. The van der Waals surface area contributed by atoms with Crippen LogP contribution < -0.4 is 27.8 Å². The number of hydrogen-bond acceptors (Lipinski definition) is 16. The Morgan fingerprint density at radius 1 is 0.844 bits per heavy atom. The van der Waals surface area contributed by atoms with Crippen LogP contribution in [0.1, 0.15) is 25.7 Å². The number of nitrogens with zero attached hydrogens (tertiary/aromatic N) is 1. The quantitative estimate of drug-likeness (QED) is 0.0282. The van der Waals surface area contributed by atoms with Crippen LogP contribution in [0.5, 0.6) is 0 Å². The number of aliphatic hydroxyl groups excluding tert-OH is 8. The van der Waals surface area contributed by atoms with E-state index in [9.17, 15) is 55.5 Å². The van der Waals surface area contributed by atoms with Gasteiger partial charge in [-0.1, -0.05) is 0 Å². The van der Waals surface area contributed by atoms with Crippen molar-refractivity contribution in [3.05, 3.63) is 0 Å². The Hall–Kier alpha value is -2.80. The fourth-order valence-corrected chi connectivity index (χ4v) is 5.98. The van der Waals surface area contributed by atoms with Gasteiger partial charge in [0.1, 0.15) is 36.6 Å². The van der Waals surface area contributed by atoms with Gasteiger partial charge in [0.2, 0.25) is 0 Å². The lowest BCUT2D eigenvalue weighted by Crippen LogP contribution is -2.82. The molecule has 2 fully saturated rings. The van der Waals surface area contributed by atoms with Gasteiger partial charge in [-0.15, -0.1) is 0 Å². The molecule has 0 aromatic rings. The lowest BCUT2D eigenvalue weighted by atomic mass is 9.77. The normalized spacial score (nSPS) is 33.5. The number of nitrogens with one attached hydrogen (secondary N) is 4. The van der Waals surface area contributed by atoms with Crippen LogP contribution in [0.4, 0.5) is 0 Å². The smallest absolute Gasteiger partial charge is 0.332 e. The molecule has 0 aromatic heterocycles. The Morgan fingerprint density at radius 2 is 1.27 bits per heavy atom. The van der Waals surface area contributed by atoms with Crippen LogP contribution in [0, 0.1) is 10.8 Å². The third-order valence-corrected chi connectivity index (χ3v) is 8.13. The second-order valence-corrected chi connectivity index (χ2v) is 11.0. The molecule has 260 valence electrons. The van der Waals surface area contributed by atoms with Gasteiger partial charge >= 0.3 is 5.97 Å². The van der Waals surface area contributed by atoms with Crippen molar-refractivity contribution in [1.29, 1.82) is 10.8 Å². The Labute approximate surface area is 257 Å². The second kappa shape index (κ2) is 15.7. The maximum Gasteiger partial charge on any atom is 0.332 e. The van der Waals surface area contributed by atoms with Gasteiger partial charge < -0.3 is 83.3 Å². The van der Waals surface area contributed by atoms with Gasteiger partial charge in [-0.25, -0.2) is 9.69 Å². The number of nitrogens with two attached hydrogens (primary N) is 3. The molecule has 2 saturated heterocycles. The number of ether oxygens (including phenoxy) is 2. The van der Waals surface area contributed by atoms with Crippen LogP contribution in [-0.4, -0.2) is 174 Å². The van der Waals surface area contributed by atoms with Gasteiger partial charge in [0.25, 0.3) is 0 Å². The molecule has 0 aromatic carbocycles. The van der Waals surface area contributed by atoms with E-state index in [0.717, 1.165) is 0 Å². The van der Waals surface area contributed by atoms with E-state index in [1.54, 1.807) is 0 Å². The Bertz CT molecular complexity index is 1020. The van der Waals surface area contributed by atoms with Crippen LogP contribution in [0.2, 0.25) is 0 Å². The monoisotopic (exact) mass is 654 g/mol. The fourth-order valence-electron chi connectivity index (χ4n) is 5.98. The van der Waals surface area contributed by atoms with Gasteiger partial charge in [-0.2, -0.15) is 0 Å². The van der Waals surface area contributed by atoms with Crippen molar-refractivity contribution in [1.82, 2.24) is 15.5 Å². The Kier molecular flexibility index (Phi) is 13.4. The molecule has 19 N–H and O–H groups in total. The third-order valence-electron chi connectivity index (χ3n) is 8.13. The molecule has 45 heavy (non-hydrogen) atoms. The zero-order valence-corrected chi connectivity index (χ0v) is 24.4. The first kappa shape index (κ1) is 38.4. The van der Waals surface area contributed by atoms with Crippen molar-refractivity contribution < 1.29 is 65.0 Å². The number of carbonyl (C=O) groups excluding carboxylic acids is 1. The highest BCUT2D eigenvalue weighted by Crippen LogP contribution is 2.49. The topological polar surface area (TPSA) is 388 Å². The summed E-state index contributed by atoms with van der Waals surface area (Å²) in [5.74, 6) is -4.26. The van der Waals surface area contributed by atoms with Crippen molar-refractivity contribution in [3.63, 3.8) is 0 Å². The van der Waals surface area contributed by atoms with Gasteiger partial charge in [0, 0.05) is 13.1 Å². The van der Waals surface area contributed by atoms with Gasteiger partial charge in [-0.05, 0) is 25.7 Å². The highest BCUT2D eigenvalue weighted by molar-refractivity contribution is 6.10. The van der Waals surface area contributed by atoms with Crippen molar-refractivity contribution >= 4 is 23.7 Å². The van der Waals surface area contributed by atoms with E-state index in [1.807, 2.05) is 0 Å². The predicted octanol–water partition coefficient (Wildman–Crippen LogP) is -7.86. The maximum absolute atomic E-state index is 14.4. The second-order valence-electron chi connectivity index (χ2n) is 11.0. The van der Waals surface area contributed by atoms with Crippen molar-refractivity contribution in [3.8, 4) is 0 Å². The van der Waals surface area contributed by atoms with Crippen molar-refractivity contribution in [2.45, 2.75) is 85.3 Å². The summed E-state index contributed by atoms with van der Waals surface area (Å²) in [6.07, 6.45) is -13.5. The average molecular weight is 655 g/mol. The summed E-state index contributed by atoms with van der Waals surface area (Å²) < 4.78 is 11.4. The first-order valence-electron chi connectivity index (χ1n) is 14.1. The van der Waals surface area contributed by atoms with E-state index in [1.165, 1.54) is 0 Å². The number of Topliss-reactive ketones (excluding diaryl/α,β-unsaturated/α-hetero) is 1. The molecule has 2 aliphatic rings. The van der Waals surface area contributed by atoms with Crippen LogP contribution in [0.3, 0.4) is 0 Å². The van der Waals surface area contributed by atoms with E-state index in [4.69, 9.17) is 37.5 Å². The van der Waals surface area contributed by atoms with Gasteiger partial charge in [0.15, 0.2) is 34.7 Å². The van der Waals surface area contributed by atoms with E-state index in [0.29, 0.717) is 4.90 Å². The molecular weight excluding hydrogens is 608 g/mol. The van der Waals surface area contributed by atoms with Crippen LogP contribution in [0.15, 0.2) is 0 Å². The average Bonchev–Trinajstić information content (AvgIpc) is 3.40. The molecule has 21 heteroatoms. The molecule has 0 bridgehead atoms. The number of hydrogen-bond donors (Lipinski definition) is 16. The molecule has 0 saturated carbocycles. The molecule has 0 aliphatic carbocycles. The summed E-state index contributed by atoms with van der Waals surface area (Å²) in [4.78, 5) is 28.3. The summed E-state index contributed by atoms with van der Waals surface area (Å²) in [5, 5.41) is 116. The number of carboxylic acid groups (broad SMARTS) is 1. The number of carboxylic acids is 1. The number of carbonyl (C=O) groups is 2. The SMILES string of the molecule is N=C(N)NCCCC(N)C(=O)[C@](CCCNC(=N)N)(C(=O)O)N(C1(CO)O[C@@H](CO)[C@H](O)[C@H]1O)C1(CO)O[C@H](CO)[C@@H](O)[C@@H]1O. The molecule has 2 aliphatic heterocycles. The molecule has 2 heterocycles. The summed E-state index contributed by atoms with van der Waals surface area (Å²) in [6.45, 7) is -5.08. The first-order valence-corrected chi connectivity index (χ1v) is 14.1. The minimum Gasteiger partial charge on any atom is -0.480 e. The Balaban J connectivity index is 2.93. The van der Waals surface area contributed by atoms with E-state index < -0.39 is 110 Å². The molecule has 21 nitrogen and oxygen atoms in total. The highest BCUT2D eigenvalue weighted by atomic mass is 16.6. The van der Waals surface area contributed by atoms with E-state index in [-0.39, 0.29) is 38.3 Å². The lowest BCUT2D eigenvalue weighted by molar-refractivity contribution is -0.333. The summed E-state index contributed by atoms with van der Waals surface area (Å²) in [6, 6.07) is -1.67. The van der Waals surface area contributed by atoms with Crippen LogP contribution in [-0.2, 0) is 19.1 Å². The number of ketones is 1. The largest absolute Gasteiger partial charge is 0.480 e. The third kappa shape index (κ3) is 7.13. The molecule has 2 rings (SSSR count). The minimum atomic E-state index is -3.15. The fraction of sp³-hybridized carbons (Fsp3) is 0.833. The molecule has 0 radical (unpaired) electrons. The standard InChI is InChI=1S/C24H46N8O13/c25-11(3-1-5-30-20(26)27)16(39)22(19(42)43,4-2-6-31-21(28)29)32(23(9-35)17(40)14(37)12(7-33)44-23)24(10-36)18(41)15(38)13(8-34)45-24/h11-15,17-18,33-38,40-41H,1-10,25H2,(H,42,43)(H4,26,27,30)(H4,28,29,31)/t11?,12-,13+,14-,15+,17+,18-,22-,23?,24?/m1/s1. The van der Waals surface area contributed by atoms with Crippen molar-refractivity contribution in [2.75, 3.05) is 39.5 Å². The summed E-state index contributed by atoms with van der Waals surface area (Å²) in [7, 11) is 0. The van der Waals surface area contributed by atoms with E-state index in [2.05, 4.69) is 10.6 Å². The van der Waals surface area contributed by atoms with Crippen LogP contribution in [0.25, 0.3) is 0 Å². The molecular formula is C24H46N8O13. The van der Waals surface area contributed by atoms with Gasteiger partial charge in [-0.3, -0.25) is 15.6 Å². The number of rotatable bonds is 18. The zero-order valence-electron chi connectivity index (χ0n) is 24.4. The molecule has 0 amide bonds. The Morgan fingerprint density at radius 3 is 1.60 bits per heavy atom. The van der Waals surface area contributed by atoms with Gasteiger partial charge in [0.05, 0.1) is 32.5 Å². The zero-order chi connectivity index (χ0) is 34.3. The van der Waals surface area contributed by atoms with Crippen molar-refractivity contribution in [2.24, 2.45) is 17.2 Å². The maximum atomic E-state index is 14.4. The minimum absolute atomic E-state index is 0.0438. The predicted molar refractivity (Wildman–Crippen MR) is 151 cm³/mol. The molecule has 10 atom stereocenters. The highest BCUT2D eigenvalue weighted by Gasteiger charge is 2.74. The molecule has 3 unspecified atom stereocenters. The number of aliphatic carboxylic acids is 1. The van der Waals surface area contributed by atoms with Crippen LogP contribution >= 0.6 is 0 Å². The molecule has 0 spiro atoms. The number of guanidine groups is 2. The number of aliphatic hydroxyl groups is 8. The van der Waals surface area contributed by atoms with E-state index >= 15 is 0 Å². The summed E-state index contributed by atoms with van der Waals surface area (Å²) in [5.41, 5.74) is 7.73. The summed E-state index contributed by atoms with van der Waals surface area (Å²) >= 11 is 0. The lowest BCUT2D eigenvalue weighted by Gasteiger charge is -2.57.